The third-order valence-electron chi connectivity index (χ3n) is 4.74. The van der Waals surface area contributed by atoms with Gasteiger partial charge in [-0.1, -0.05) is 11.6 Å². The van der Waals surface area contributed by atoms with E-state index in [0.29, 0.717) is 29.8 Å². The van der Waals surface area contributed by atoms with Gasteiger partial charge in [0.25, 0.3) is 5.91 Å². The molecule has 1 aliphatic heterocycles. The van der Waals surface area contributed by atoms with Crippen LogP contribution in [0.3, 0.4) is 0 Å². The number of halogens is 2. The average Bonchev–Trinajstić information content (AvgIpc) is 3.10. The number of carbonyl (C=O) groups excluding carboxylic acids is 1. The van der Waals surface area contributed by atoms with E-state index in [1.807, 2.05) is 23.1 Å². The number of benzene rings is 2. The van der Waals surface area contributed by atoms with Gasteiger partial charge in [0.15, 0.2) is 6.61 Å². The summed E-state index contributed by atoms with van der Waals surface area (Å²) < 4.78 is 19.5. The fourth-order valence-electron chi connectivity index (χ4n) is 3.24. The second-order valence-electron chi connectivity index (χ2n) is 6.56. The van der Waals surface area contributed by atoms with Gasteiger partial charge in [-0.15, -0.1) is 11.3 Å². The van der Waals surface area contributed by atoms with E-state index in [1.54, 1.807) is 11.3 Å². The van der Waals surface area contributed by atoms with Crippen molar-refractivity contribution in [2.24, 2.45) is 0 Å². The van der Waals surface area contributed by atoms with Crippen molar-refractivity contribution in [3.63, 3.8) is 0 Å². The lowest BCUT2D eigenvalue weighted by atomic mass is 9.97. The van der Waals surface area contributed by atoms with Crippen molar-refractivity contribution in [1.82, 2.24) is 9.88 Å². The van der Waals surface area contributed by atoms with Gasteiger partial charge in [0.1, 0.15) is 11.6 Å². The quantitative estimate of drug-likeness (QED) is 0.622. The Kier molecular flexibility index (Phi) is 5.27. The molecule has 4 nitrogen and oxygen atoms in total. The number of amides is 1. The van der Waals surface area contributed by atoms with Gasteiger partial charge in [0.05, 0.1) is 15.2 Å². The van der Waals surface area contributed by atoms with Gasteiger partial charge in [-0.25, -0.2) is 9.37 Å². The van der Waals surface area contributed by atoms with E-state index in [2.05, 4.69) is 0 Å². The van der Waals surface area contributed by atoms with Gasteiger partial charge in [0, 0.05) is 24.0 Å². The van der Waals surface area contributed by atoms with Crippen molar-refractivity contribution in [2.75, 3.05) is 19.7 Å². The van der Waals surface area contributed by atoms with Crippen LogP contribution in [-0.4, -0.2) is 35.5 Å². The summed E-state index contributed by atoms with van der Waals surface area (Å²) >= 11 is 7.74. The maximum atomic E-state index is 12.9. The Hall–Kier alpha value is -2.18. The van der Waals surface area contributed by atoms with E-state index in [-0.39, 0.29) is 18.3 Å². The normalized spacial score (nSPS) is 15.3. The largest absolute Gasteiger partial charge is 0.484 e. The number of carbonyl (C=O) groups is 1. The molecule has 140 valence electrons. The highest BCUT2D eigenvalue weighted by Gasteiger charge is 2.26. The zero-order valence-electron chi connectivity index (χ0n) is 14.5. The van der Waals surface area contributed by atoms with Gasteiger partial charge in [-0.2, -0.15) is 0 Å². The SMILES string of the molecule is O=C(COc1ccc(F)cc1)N1CCC(c2nc3cc(Cl)ccc3s2)CC1. The molecule has 27 heavy (non-hydrogen) atoms. The number of fused-ring (bicyclic) bond motifs is 1. The van der Waals surface area contributed by atoms with Gasteiger partial charge in [-0.05, 0) is 55.3 Å². The molecule has 0 unspecified atom stereocenters. The minimum Gasteiger partial charge on any atom is -0.484 e. The lowest BCUT2D eigenvalue weighted by Crippen LogP contribution is -2.40. The van der Waals surface area contributed by atoms with Crippen LogP contribution in [-0.2, 0) is 4.79 Å². The number of aromatic nitrogens is 1. The van der Waals surface area contributed by atoms with E-state index in [1.165, 1.54) is 24.3 Å². The maximum absolute atomic E-state index is 12.9. The van der Waals surface area contributed by atoms with Crippen molar-refractivity contribution in [1.29, 1.82) is 0 Å². The lowest BCUT2D eigenvalue weighted by molar-refractivity contribution is -0.134. The van der Waals surface area contributed by atoms with E-state index >= 15 is 0 Å². The van der Waals surface area contributed by atoms with Crippen LogP contribution in [0.15, 0.2) is 42.5 Å². The zero-order valence-corrected chi connectivity index (χ0v) is 16.1. The summed E-state index contributed by atoms with van der Waals surface area (Å²) in [7, 11) is 0. The second-order valence-corrected chi connectivity index (χ2v) is 8.06. The Bertz CT molecular complexity index is 952. The van der Waals surface area contributed by atoms with Crippen LogP contribution in [0.5, 0.6) is 5.75 Å². The summed E-state index contributed by atoms with van der Waals surface area (Å²) in [5.41, 5.74) is 0.939. The number of piperidine rings is 1. The minimum atomic E-state index is -0.326. The number of hydrogen-bond acceptors (Lipinski definition) is 4. The second kappa shape index (κ2) is 7.82. The van der Waals surface area contributed by atoms with Crippen LogP contribution in [0.1, 0.15) is 23.8 Å². The summed E-state index contributed by atoms with van der Waals surface area (Å²) in [6.45, 7) is 1.34. The number of likely N-dealkylation sites (tertiary alicyclic amines) is 1. The third kappa shape index (κ3) is 4.22. The third-order valence-corrected chi connectivity index (χ3v) is 6.17. The van der Waals surface area contributed by atoms with Crippen LogP contribution in [0.2, 0.25) is 5.02 Å². The van der Waals surface area contributed by atoms with Crippen molar-refractivity contribution in [3.05, 3.63) is 58.3 Å². The topological polar surface area (TPSA) is 42.4 Å². The molecule has 0 atom stereocenters. The molecule has 0 aliphatic carbocycles. The highest BCUT2D eigenvalue weighted by Crippen LogP contribution is 2.34. The molecule has 0 radical (unpaired) electrons. The summed E-state index contributed by atoms with van der Waals surface area (Å²) in [6, 6.07) is 11.5. The first-order valence-corrected chi connectivity index (χ1v) is 10.00. The van der Waals surface area contributed by atoms with Crippen LogP contribution < -0.4 is 4.74 Å². The number of thiazole rings is 1. The molecule has 2 heterocycles. The lowest BCUT2D eigenvalue weighted by Gasteiger charge is -2.31. The first-order valence-electron chi connectivity index (χ1n) is 8.80. The molecule has 1 aromatic heterocycles. The fourth-order valence-corrected chi connectivity index (χ4v) is 4.52. The Morgan fingerprint density at radius 3 is 2.70 bits per heavy atom. The molecule has 7 heteroatoms. The summed E-state index contributed by atoms with van der Waals surface area (Å²) in [5, 5.41) is 1.81. The molecule has 1 saturated heterocycles. The number of nitrogens with zero attached hydrogens (tertiary/aromatic N) is 2. The number of rotatable bonds is 4. The molecule has 0 saturated carbocycles. The molecule has 1 amide bonds. The van der Waals surface area contributed by atoms with Crippen LogP contribution >= 0.6 is 22.9 Å². The maximum Gasteiger partial charge on any atom is 0.260 e. The highest BCUT2D eigenvalue weighted by atomic mass is 35.5. The van der Waals surface area contributed by atoms with Crippen molar-refractivity contribution >= 4 is 39.1 Å². The van der Waals surface area contributed by atoms with E-state index < -0.39 is 0 Å². The summed E-state index contributed by atoms with van der Waals surface area (Å²) in [4.78, 5) is 18.9. The molecule has 0 N–H and O–H groups in total. The number of hydrogen-bond donors (Lipinski definition) is 0. The molecule has 1 aliphatic rings. The Morgan fingerprint density at radius 1 is 1.22 bits per heavy atom. The molecular formula is C20H18ClFN2O2S. The molecular weight excluding hydrogens is 387 g/mol. The zero-order chi connectivity index (χ0) is 18.8. The van der Waals surface area contributed by atoms with E-state index in [4.69, 9.17) is 21.3 Å². The first kappa shape index (κ1) is 18.2. The first-order chi connectivity index (χ1) is 13.1. The molecule has 1 fully saturated rings. The highest BCUT2D eigenvalue weighted by molar-refractivity contribution is 7.18. The summed E-state index contributed by atoms with van der Waals surface area (Å²) in [6.07, 6.45) is 1.77. The Morgan fingerprint density at radius 2 is 1.96 bits per heavy atom. The molecule has 3 aromatic rings. The fraction of sp³-hybridized carbons (Fsp3) is 0.300. The van der Waals surface area contributed by atoms with Crippen LogP contribution in [0.4, 0.5) is 4.39 Å². The van der Waals surface area contributed by atoms with Gasteiger partial charge < -0.3 is 9.64 Å². The predicted molar refractivity (Wildman–Crippen MR) is 105 cm³/mol. The van der Waals surface area contributed by atoms with Crippen molar-refractivity contribution in [2.45, 2.75) is 18.8 Å². The molecule has 0 spiro atoms. The monoisotopic (exact) mass is 404 g/mol. The Labute approximate surface area is 165 Å². The van der Waals surface area contributed by atoms with Crippen molar-refractivity contribution in [3.8, 4) is 5.75 Å². The van der Waals surface area contributed by atoms with Crippen LogP contribution in [0, 0.1) is 5.82 Å². The minimum absolute atomic E-state index is 0.0318. The Balaban J connectivity index is 1.32. The summed E-state index contributed by atoms with van der Waals surface area (Å²) in [5.74, 6) is 0.484. The van der Waals surface area contributed by atoms with Gasteiger partial charge in [-0.3, -0.25) is 4.79 Å². The average molecular weight is 405 g/mol. The molecule has 0 bridgehead atoms. The van der Waals surface area contributed by atoms with Gasteiger partial charge in [0.2, 0.25) is 0 Å². The standard InChI is InChI=1S/C20H18ClFN2O2S/c21-14-1-6-18-17(11-14)23-20(27-18)13-7-9-24(10-8-13)19(25)12-26-16-4-2-15(22)3-5-16/h1-6,11,13H,7-10,12H2. The van der Waals surface area contributed by atoms with Crippen LogP contribution in [0.25, 0.3) is 10.2 Å². The number of ether oxygens (including phenoxy) is 1. The van der Waals surface area contributed by atoms with E-state index in [9.17, 15) is 9.18 Å². The predicted octanol–water partition coefficient (Wildman–Crippen LogP) is 4.87. The van der Waals surface area contributed by atoms with Crippen molar-refractivity contribution < 1.29 is 13.9 Å². The van der Waals surface area contributed by atoms with Gasteiger partial charge >= 0.3 is 0 Å². The van der Waals surface area contributed by atoms with E-state index in [0.717, 1.165) is 28.1 Å². The smallest absolute Gasteiger partial charge is 0.260 e. The molecule has 4 rings (SSSR count). The molecule has 2 aromatic carbocycles.